The summed E-state index contributed by atoms with van der Waals surface area (Å²) in [5, 5.41) is 7.70. The zero-order valence-electron chi connectivity index (χ0n) is 10.6. The Kier molecular flexibility index (Phi) is 4.40. The highest BCUT2D eigenvalue weighted by atomic mass is 35.5. The van der Waals surface area contributed by atoms with Crippen molar-refractivity contribution in [2.24, 2.45) is 18.0 Å². The smallest absolute Gasteiger partial charge is 0.191 e. The highest BCUT2D eigenvalue weighted by molar-refractivity contribution is 6.41. The summed E-state index contributed by atoms with van der Waals surface area (Å²) in [7, 11) is 3.67. The Hall–Kier alpha value is -0.870. The zero-order chi connectivity index (χ0) is 13.1. The fraction of sp³-hybridized carbons (Fsp3) is 0.583. The molecule has 0 amide bonds. The number of hydrogen-bond acceptors (Lipinski definition) is 1. The van der Waals surface area contributed by atoms with Crippen LogP contribution in [0.4, 0.5) is 0 Å². The lowest BCUT2D eigenvalue weighted by atomic mass is 10.4. The molecule has 0 bridgehead atoms. The van der Waals surface area contributed by atoms with Crippen LogP contribution in [-0.4, -0.2) is 24.1 Å². The Balaban J connectivity index is 1.86. The monoisotopic (exact) mass is 288 g/mol. The quantitative estimate of drug-likeness (QED) is 0.660. The molecule has 0 aromatic carbocycles. The van der Waals surface area contributed by atoms with Gasteiger partial charge in [0.25, 0.3) is 0 Å². The highest BCUT2D eigenvalue weighted by Gasteiger charge is 2.21. The molecule has 2 N–H and O–H groups in total. The van der Waals surface area contributed by atoms with Crippen molar-refractivity contribution >= 4 is 29.2 Å². The lowest BCUT2D eigenvalue weighted by molar-refractivity contribution is 0.719. The normalized spacial score (nSPS) is 15.9. The third-order valence-electron chi connectivity index (χ3n) is 3.13. The van der Waals surface area contributed by atoms with E-state index in [1.54, 1.807) is 7.05 Å². The maximum absolute atomic E-state index is 6.02. The largest absolute Gasteiger partial charge is 0.356 e. The van der Waals surface area contributed by atoms with Crippen molar-refractivity contribution in [3.05, 3.63) is 21.9 Å². The molecule has 1 aliphatic carbocycles. The molecule has 18 heavy (non-hydrogen) atoms. The number of aliphatic imine (C=N–C) groups is 1. The first-order valence-electron chi connectivity index (χ1n) is 6.06. The molecule has 0 spiro atoms. The van der Waals surface area contributed by atoms with Gasteiger partial charge in [0.1, 0.15) is 5.15 Å². The summed E-state index contributed by atoms with van der Waals surface area (Å²) in [4.78, 5) is 4.18. The number of rotatable bonds is 4. The SMILES string of the molecule is CN=C(NCc1cc(Cl)c(Cl)n1C)NCC1CC1. The highest BCUT2D eigenvalue weighted by Crippen LogP contribution is 2.27. The van der Waals surface area contributed by atoms with Crippen LogP contribution in [0.5, 0.6) is 0 Å². The van der Waals surface area contributed by atoms with Gasteiger partial charge in [0.05, 0.1) is 11.6 Å². The third kappa shape index (κ3) is 3.33. The first-order valence-corrected chi connectivity index (χ1v) is 6.81. The summed E-state index contributed by atoms with van der Waals surface area (Å²) >= 11 is 12.0. The molecule has 1 heterocycles. The standard InChI is InChI=1S/C12H18Cl2N4/c1-15-12(16-6-8-3-4-8)17-7-9-5-10(13)11(14)18(9)2/h5,8H,3-4,6-7H2,1-2H3,(H2,15,16,17). The van der Waals surface area contributed by atoms with Crippen molar-refractivity contribution in [2.45, 2.75) is 19.4 Å². The van der Waals surface area contributed by atoms with Crippen LogP contribution in [0.3, 0.4) is 0 Å². The van der Waals surface area contributed by atoms with Gasteiger partial charge in [-0.3, -0.25) is 4.99 Å². The molecule has 4 nitrogen and oxygen atoms in total. The molecule has 0 unspecified atom stereocenters. The molecule has 100 valence electrons. The molecule has 1 fully saturated rings. The van der Waals surface area contributed by atoms with Gasteiger partial charge in [-0.2, -0.15) is 0 Å². The molecule has 0 radical (unpaired) electrons. The predicted molar refractivity (Wildman–Crippen MR) is 76.4 cm³/mol. The third-order valence-corrected chi connectivity index (χ3v) is 3.97. The average molecular weight is 289 g/mol. The van der Waals surface area contributed by atoms with Crippen LogP contribution in [-0.2, 0) is 13.6 Å². The van der Waals surface area contributed by atoms with Gasteiger partial charge in [0.15, 0.2) is 5.96 Å². The number of aromatic nitrogens is 1. The van der Waals surface area contributed by atoms with Crippen LogP contribution in [0.15, 0.2) is 11.1 Å². The Morgan fingerprint density at radius 2 is 2.17 bits per heavy atom. The number of halogens is 2. The number of guanidine groups is 1. The van der Waals surface area contributed by atoms with E-state index in [-0.39, 0.29) is 0 Å². The maximum Gasteiger partial charge on any atom is 0.191 e. The summed E-state index contributed by atoms with van der Waals surface area (Å²) in [6.07, 6.45) is 2.65. The molecule has 6 heteroatoms. The Morgan fingerprint density at radius 1 is 1.44 bits per heavy atom. The van der Waals surface area contributed by atoms with E-state index in [9.17, 15) is 0 Å². The molecule has 0 atom stereocenters. The van der Waals surface area contributed by atoms with Gasteiger partial charge in [-0.05, 0) is 24.8 Å². The van der Waals surface area contributed by atoms with Gasteiger partial charge in [-0.1, -0.05) is 23.2 Å². The van der Waals surface area contributed by atoms with Gasteiger partial charge >= 0.3 is 0 Å². The van der Waals surface area contributed by atoms with Crippen molar-refractivity contribution in [1.82, 2.24) is 15.2 Å². The van der Waals surface area contributed by atoms with Crippen LogP contribution in [0.25, 0.3) is 0 Å². The van der Waals surface area contributed by atoms with E-state index >= 15 is 0 Å². The first-order chi connectivity index (χ1) is 8.61. The second kappa shape index (κ2) is 5.85. The molecule has 1 saturated carbocycles. The lowest BCUT2D eigenvalue weighted by Crippen LogP contribution is -2.38. The van der Waals surface area contributed by atoms with Crippen molar-refractivity contribution in [1.29, 1.82) is 0 Å². The van der Waals surface area contributed by atoms with Crippen molar-refractivity contribution in [3.63, 3.8) is 0 Å². The van der Waals surface area contributed by atoms with E-state index in [4.69, 9.17) is 23.2 Å². The van der Waals surface area contributed by atoms with Gasteiger partial charge in [-0.25, -0.2) is 0 Å². The average Bonchev–Trinajstić information content (AvgIpc) is 3.15. The summed E-state index contributed by atoms with van der Waals surface area (Å²) in [6.45, 7) is 1.64. The van der Waals surface area contributed by atoms with Gasteiger partial charge in [0.2, 0.25) is 0 Å². The van der Waals surface area contributed by atoms with Crippen LogP contribution in [0, 0.1) is 5.92 Å². The fourth-order valence-electron chi connectivity index (χ4n) is 1.72. The molecular weight excluding hydrogens is 271 g/mol. The minimum atomic E-state index is 0.564. The van der Waals surface area contributed by atoms with Gasteiger partial charge in [-0.15, -0.1) is 0 Å². The van der Waals surface area contributed by atoms with E-state index in [1.165, 1.54) is 12.8 Å². The minimum Gasteiger partial charge on any atom is -0.356 e. The number of nitrogens with zero attached hydrogens (tertiary/aromatic N) is 2. The van der Waals surface area contributed by atoms with E-state index < -0.39 is 0 Å². The van der Waals surface area contributed by atoms with Crippen LogP contribution < -0.4 is 10.6 Å². The number of nitrogens with one attached hydrogen (secondary N) is 2. The zero-order valence-corrected chi connectivity index (χ0v) is 12.1. The molecule has 0 saturated heterocycles. The van der Waals surface area contributed by atoms with Crippen molar-refractivity contribution in [2.75, 3.05) is 13.6 Å². The second-order valence-electron chi connectivity index (χ2n) is 4.58. The molecule has 1 aromatic rings. The van der Waals surface area contributed by atoms with Gasteiger partial charge < -0.3 is 15.2 Å². The predicted octanol–water partition coefficient (Wildman–Crippen LogP) is 2.41. The molecule has 0 aliphatic heterocycles. The summed E-state index contributed by atoms with van der Waals surface area (Å²) in [5.41, 5.74) is 1.03. The summed E-state index contributed by atoms with van der Waals surface area (Å²) in [6, 6.07) is 1.87. The van der Waals surface area contributed by atoms with Gasteiger partial charge in [0, 0.05) is 26.3 Å². The molecule has 2 rings (SSSR count). The Labute approximate surface area is 117 Å². The van der Waals surface area contributed by atoms with Crippen LogP contribution in [0.2, 0.25) is 10.2 Å². The first kappa shape index (κ1) is 13.6. The minimum absolute atomic E-state index is 0.564. The van der Waals surface area contributed by atoms with E-state index in [2.05, 4.69) is 15.6 Å². The van der Waals surface area contributed by atoms with Crippen molar-refractivity contribution < 1.29 is 0 Å². The second-order valence-corrected chi connectivity index (χ2v) is 5.35. The summed E-state index contributed by atoms with van der Waals surface area (Å²) in [5.74, 6) is 1.64. The van der Waals surface area contributed by atoms with E-state index in [1.807, 2.05) is 17.7 Å². The Bertz CT molecular complexity index is 449. The lowest BCUT2D eigenvalue weighted by Gasteiger charge is -2.12. The number of hydrogen-bond donors (Lipinski definition) is 2. The Morgan fingerprint density at radius 3 is 2.67 bits per heavy atom. The van der Waals surface area contributed by atoms with Crippen LogP contribution >= 0.6 is 23.2 Å². The molecular formula is C12H18Cl2N4. The molecule has 1 aliphatic rings. The fourth-order valence-corrected chi connectivity index (χ4v) is 2.13. The topological polar surface area (TPSA) is 41.4 Å². The van der Waals surface area contributed by atoms with Crippen molar-refractivity contribution in [3.8, 4) is 0 Å². The van der Waals surface area contributed by atoms with Crippen LogP contribution in [0.1, 0.15) is 18.5 Å². The summed E-state index contributed by atoms with van der Waals surface area (Å²) < 4.78 is 1.87. The molecule has 1 aromatic heterocycles. The van der Waals surface area contributed by atoms with E-state index in [0.717, 1.165) is 24.1 Å². The van der Waals surface area contributed by atoms with E-state index in [0.29, 0.717) is 16.7 Å². The maximum atomic E-state index is 6.02.